The summed E-state index contributed by atoms with van der Waals surface area (Å²) in [5.41, 5.74) is 0. The molecule has 5 nitrogen and oxygen atoms in total. The number of halogens is 2. The second-order valence-corrected chi connectivity index (χ2v) is 3.73. The zero-order valence-electron chi connectivity index (χ0n) is 8.58. The van der Waals surface area contributed by atoms with Gasteiger partial charge in [0.2, 0.25) is 0 Å². The molecule has 2 amide bonds. The molecule has 1 aliphatic carbocycles. The maximum absolute atomic E-state index is 11.8. The third-order valence-electron chi connectivity index (χ3n) is 2.57. The molecule has 0 bridgehead atoms. The molecule has 1 fully saturated rings. The van der Waals surface area contributed by atoms with Gasteiger partial charge in [-0.15, -0.1) is 0 Å². The van der Waals surface area contributed by atoms with Gasteiger partial charge in [0.05, 0.1) is 12.5 Å². The van der Waals surface area contributed by atoms with Crippen LogP contribution in [-0.2, 0) is 4.79 Å². The van der Waals surface area contributed by atoms with Gasteiger partial charge in [-0.25, -0.2) is 13.6 Å². The lowest BCUT2D eigenvalue weighted by atomic mass is 10.0. The number of carboxylic acids is 1. The minimum atomic E-state index is -2.61. The molecule has 92 valence electrons. The van der Waals surface area contributed by atoms with Gasteiger partial charge in [0.25, 0.3) is 6.43 Å². The maximum atomic E-state index is 11.8. The van der Waals surface area contributed by atoms with E-state index in [4.69, 9.17) is 5.11 Å². The zero-order valence-corrected chi connectivity index (χ0v) is 8.58. The smallest absolute Gasteiger partial charge is 0.315 e. The van der Waals surface area contributed by atoms with Crippen molar-refractivity contribution in [2.75, 3.05) is 6.54 Å². The standard InChI is InChI=1S/C9H14F2N2O3/c10-7(11)4-12-9(16)13-6-3-1-2-5(6)8(14)15/h5-7H,1-4H2,(H,14,15)(H2,12,13,16). The summed E-state index contributed by atoms with van der Waals surface area (Å²) in [4.78, 5) is 21.9. The molecule has 0 heterocycles. The highest BCUT2D eigenvalue weighted by Crippen LogP contribution is 2.25. The first kappa shape index (κ1) is 12.7. The number of hydrogen-bond acceptors (Lipinski definition) is 2. The Labute approximate surface area is 91.2 Å². The number of carboxylic acid groups (broad SMARTS) is 1. The molecule has 2 unspecified atom stereocenters. The summed E-state index contributed by atoms with van der Waals surface area (Å²) in [7, 11) is 0. The van der Waals surface area contributed by atoms with Gasteiger partial charge in [0, 0.05) is 6.04 Å². The molecule has 0 saturated heterocycles. The van der Waals surface area contributed by atoms with Crippen LogP contribution in [0.3, 0.4) is 0 Å². The lowest BCUT2D eigenvalue weighted by molar-refractivity contribution is -0.142. The van der Waals surface area contributed by atoms with Crippen molar-refractivity contribution in [3.8, 4) is 0 Å². The molecule has 1 aliphatic rings. The molecule has 0 radical (unpaired) electrons. The van der Waals surface area contributed by atoms with E-state index in [1.165, 1.54) is 0 Å². The molecule has 0 aliphatic heterocycles. The van der Waals surface area contributed by atoms with E-state index in [2.05, 4.69) is 5.32 Å². The molecule has 1 rings (SSSR count). The average Bonchev–Trinajstić information content (AvgIpc) is 2.62. The van der Waals surface area contributed by atoms with Crippen LogP contribution in [0.25, 0.3) is 0 Å². The van der Waals surface area contributed by atoms with Gasteiger partial charge in [-0.3, -0.25) is 4.79 Å². The van der Waals surface area contributed by atoms with Crippen molar-refractivity contribution < 1.29 is 23.5 Å². The fourth-order valence-electron chi connectivity index (χ4n) is 1.82. The summed E-state index contributed by atoms with van der Waals surface area (Å²) >= 11 is 0. The van der Waals surface area contributed by atoms with Gasteiger partial charge in [0.1, 0.15) is 0 Å². The van der Waals surface area contributed by atoms with E-state index >= 15 is 0 Å². The highest BCUT2D eigenvalue weighted by molar-refractivity contribution is 5.77. The highest BCUT2D eigenvalue weighted by atomic mass is 19.3. The van der Waals surface area contributed by atoms with Crippen LogP contribution in [-0.4, -0.2) is 36.1 Å². The average molecular weight is 236 g/mol. The molecule has 2 atom stereocenters. The van der Waals surface area contributed by atoms with E-state index in [-0.39, 0.29) is 0 Å². The molecule has 0 aromatic rings. The molecule has 1 saturated carbocycles. The Morgan fingerprint density at radius 3 is 2.62 bits per heavy atom. The lowest BCUT2D eigenvalue weighted by Gasteiger charge is -2.17. The minimum Gasteiger partial charge on any atom is -0.481 e. The van der Waals surface area contributed by atoms with E-state index in [1.807, 2.05) is 5.32 Å². The molecule has 3 N–H and O–H groups in total. The van der Waals surface area contributed by atoms with Crippen LogP contribution in [0.4, 0.5) is 13.6 Å². The van der Waals surface area contributed by atoms with Crippen molar-refractivity contribution in [2.45, 2.75) is 31.7 Å². The van der Waals surface area contributed by atoms with Gasteiger partial charge in [0.15, 0.2) is 0 Å². The van der Waals surface area contributed by atoms with Crippen molar-refractivity contribution in [3.63, 3.8) is 0 Å². The predicted molar refractivity (Wildman–Crippen MR) is 51.3 cm³/mol. The first-order valence-corrected chi connectivity index (χ1v) is 5.06. The SMILES string of the molecule is O=C(NCC(F)F)NC1CCCC1C(=O)O. The molecular formula is C9H14F2N2O3. The largest absolute Gasteiger partial charge is 0.481 e. The summed E-state index contributed by atoms with van der Waals surface area (Å²) in [5.74, 6) is -1.58. The monoisotopic (exact) mass is 236 g/mol. The summed E-state index contributed by atoms with van der Waals surface area (Å²) in [6, 6.07) is -1.20. The van der Waals surface area contributed by atoms with Gasteiger partial charge in [-0.1, -0.05) is 6.42 Å². The van der Waals surface area contributed by atoms with E-state index in [1.54, 1.807) is 0 Å². The van der Waals surface area contributed by atoms with Crippen molar-refractivity contribution >= 4 is 12.0 Å². The van der Waals surface area contributed by atoms with Crippen molar-refractivity contribution in [1.82, 2.24) is 10.6 Å². The number of carbonyl (C=O) groups is 2. The third kappa shape index (κ3) is 3.63. The summed E-state index contributed by atoms with van der Waals surface area (Å²) in [6.07, 6.45) is -0.810. The number of carbonyl (C=O) groups excluding carboxylic acids is 1. The van der Waals surface area contributed by atoms with Crippen LogP contribution in [0, 0.1) is 5.92 Å². The Hall–Kier alpha value is -1.40. The van der Waals surface area contributed by atoms with E-state index in [0.717, 1.165) is 6.42 Å². The zero-order chi connectivity index (χ0) is 12.1. The number of aliphatic carboxylic acids is 1. The molecule has 16 heavy (non-hydrogen) atoms. The van der Waals surface area contributed by atoms with Crippen LogP contribution in [0.2, 0.25) is 0 Å². The second kappa shape index (κ2) is 5.62. The van der Waals surface area contributed by atoms with Gasteiger partial charge in [-0.05, 0) is 12.8 Å². The van der Waals surface area contributed by atoms with Crippen LogP contribution < -0.4 is 10.6 Å². The highest BCUT2D eigenvalue weighted by Gasteiger charge is 2.33. The summed E-state index contributed by atoms with van der Waals surface area (Å²) in [6.45, 7) is -0.726. The van der Waals surface area contributed by atoms with Crippen LogP contribution in [0.1, 0.15) is 19.3 Å². The fraction of sp³-hybridized carbons (Fsp3) is 0.778. The molecular weight excluding hydrogens is 222 g/mol. The first-order chi connectivity index (χ1) is 7.50. The van der Waals surface area contributed by atoms with Crippen molar-refractivity contribution in [2.24, 2.45) is 5.92 Å². The van der Waals surface area contributed by atoms with E-state index in [0.29, 0.717) is 12.8 Å². The number of urea groups is 1. The number of rotatable bonds is 4. The second-order valence-electron chi connectivity index (χ2n) is 3.73. The lowest BCUT2D eigenvalue weighted by Crippen LogP contribution is -2.46. The minimum absolute atomic E-state index is 0.463. The van der Waals surface area contributed by atoms with E-state index < -0.39 is 36.9 Å². The van der Waals surface area contributed by atoms with Gasteiger partial charge >= 0.3 is 12.0 Å². The Morgan fingerprint density at radius 2 is 2.06 bits per heavy atom. The van der Waals surface area contributed by atoms with Crippen molar-refractivity contribution in [1.29, 1.82) is 0 Å². The topological polar surface area (TPSA) is 78.4 Å². The maximum Gasteiger partial charge on any atom is 0.315 e. The number of alkyl halides is 2. The van der Waals surface area contributed by atoms with Gasteiger partial charge < -0.3 is 15.7 Å². The fourth-order valence-corrected chi connectivity index (χ4v) is 1.82. The number of amides is 2. The summed E-state index contributed by atoms with van der Waals surface area (Å²) in [5, 5.41) is 13.2. The molecule has 7 heteroatoms. The number of nitrogens with one attached hydrogen (secondary N) is 2. The van der Waals surface area contributed by atoms with Crippen LogP contribution in [0.5, 0.6) is 0 Å². The summed E-state index contributed by atoms with van der Waals surface area (Å²) < 4.78 is 23.6. The third-order valence-corrected chi connectivity index (χ3v) is 2.57. The molecule has 0 aromatic heterocycles. The first-order valence-electron chi connectivity index (χ1n) is 5.06. The Kier molecular flexibility index (Phi) is 4.45. The van der Waals surface area contributed by atoms with Crippen molar-refractivity contribution in [3.05, 3.63) is 0 Å². The molecule has 0 spiro atoms. The van der Waals surface area contributed by atoms with Gasteiger partial charge in [-0.2, -0.15) is 0 Å². The Morgan fingerprint density at radius 1 is 1.38 bits per heavy atom. The van der Waals surface area contributed by atoms with Crippen LogP contribution >= 0.6 is 0 Å². The Bertz CT molecular complexity index is 273. The normalized spacial score (nSPS) is 24.4. The van der Waals surface area contributed by atoms with Crippen LogP contribution in [0.15, 0.2) is 0 Å². The number of hydrogen-bond donors (Lipinski definition) is 3. The van der Waals surface area contributed by atoms with E-state index in [9.17, 15) is 18.4 Å². The molecule has 0 aromatic carbocycles. The predicted octanol–water partition coefficient (Wildman–Crippen LogP) is 0.804. The quantitative estimate of drug-likeness (QED) is 0.675. The Balaban J connectivity index is 2.35.